The fourth-order valence-corrected chi connectivity index (χ4v) is 4.95. The number of aliphatic hydroxyl groups excluding tert-OH is 1. The average molecular weight is 502 g/mol. The zero-order valence-electron chi connectivity index (χ0n) is 22.9. The highest BCUT2D eigenvalue weighted by molar-refractivity contribution is 5.98. The molecule has 200 valence electrons. The van der Waals surface area contributed by atoms with E-state index in [0.717, 1.165) is 23.9 Å². The molecule has 1 aromatic carbocycles. The van der Waals surface area contributed by atoms with Gasteiger partial charge in [-0.2, -0.15) is 0 Å². The largest absolute Gasteiger partial charge is 0.444 e. The third-order valence-corrected chi connectivity index (χ3v) is 6.85. The van der Waals surface area contributed by atoms with Crippen molar-refractivity contribution < 1.29 is 24.2 Å². The van der Waals surface area contributed by atoms with Crippen LogP contribution in [0.4, 0.5) is 4.79 Å². The van der Waals surface area contributed by atoms with Gasteiger partial charge in [-0.15, -0.1) is 0 Å². The zero-order chi connectivity index (χ0) is 26.6. The lowest BCUT2D eigenvalue weighted by molar-refractivity contribution is 0.0279. The first kappa shape index (κ1) is 28.0. The molecule has 3 rings (SSSR count). The second-order valence-corrected chi connectivity index (χ2v) is 11.2. The lowest BCUT2D eigenvalue weighted by Crippen LogP contribution is -2.42. The molecule has 2 amide bonds. The van der Waals surface area contributed by atoms with Gasteiger partial charge in [0.2, 0.25) is 0 Å². The van der Waals surface area contributed by atoms with Gasteiger partial charge in [-0.1, -0.05) is 6.07 Å². The first-order valence-electron chi connectivity index (χ1n) is 12.9. The molecule has 1 N–H and O–H groups in total. The monoisotopic (exact) mass is 501 g/mol. The number of aliphatic hydroxyl groups is 1. The van der Waals surface area contributed by atoms with E-state index in [1.165, 1.54) is 5.56 Å². The van der Waals surface area contributed by atoms with Crippen molar-refractivity contribution in [3.8, 4) is 0 Å². The second-order valence-electron chi connectivity index (χ2n) is 11.2. The molecule has 0 unspecified atom stereocenters. The number of hydrogen-bond donors (Lipinski definition) is 1. The van der Waals surface area contributed by atoms with E-state index in [0.29, 0.717) is 31.8 Å². The van der Waals surface area contributed by atoms with Crippen LogP contribution in [0.25, 0.3) is 10.9 Å². The number of aromatic nitrogens is 1. The van der Waals surface area contributed by atoms with Crippen molar-refractivity contribution in [1.29, 1.82) is 0 Å². The summed E-state index contributed by atoms with van der Waals surface area (Å²) in [6.45, 7) is 14.4. The minimum absolute atomic E-state index is 0.0293. The summed E-state index contributed by atoms with van der Waals surface area (Å²) in [6.07, 6.45) is 2.65. The highest BCUT2D eigenvalue weighted by Crippen LogP contribution is 2.28. The van der Waals surface area contributed by atoms with E-state index in [2.05, 4.69) is 17.7 Å². The summed E-state index contributed by atoms with van der Waals surface area (Å²) in [5.41, 5.74) is 2.29. The Hall–Kier alpha value is -2.58. The van der Waals surface area contributed by atoms with Crippen molar-refractivity contribution in [2.24, 2.45) is 11.8 Å². The Bertz CT molecular complexity index is 1060. The highest BCUT2D eigenvalue weighted by Gasteiger charge is 2.38. The molecule has 2 atom stereocenters. The molecule has 0 bridgehead atoms. The van der Waals surface area contributed by atoms with Gasteiger partial charge in [0.15, 0.2) is 0 Å². The first-order valence-corrected chi connectivity index (χ1v) is 12.9. The Labute approximate surface area is 215 Å². The predicted molar refractivity (Wildman–Crippen MR) is 141 cm³/mol. The maximum absolute atomic E-state index is 13.7. The third-order valence-electron chi connectivity index (χ3n) is 6.85. The molecule has 2 heterocycles. The predicted octanol–water partition coefficient (Wildman–Crippen LogP) is 4.31. The number of methoxy groups -OCH3 is 1. The van der Waals surface area contributed by atoms with Crippen molar-refractivity contribution in [1.82, 2.24) is 14.4 Å². The smallest absolute Gasteiger partial charge is 0.410 e. The van der Waals surface area contributed by atoms with Gasteiger partial charge in [0.05, 0.1) is 0 Å². The number of ether oxygens (including phenoxy) is 2. The van der Waals surface area contributed by atoms with Crippen LogP contribution in [-0.2, 0) is 16.0 Å². The number of aryl methyl sites for hydroxylation is 2. The van der Waals surface area contributed by atoms with Crippen LogP contribution in [-0.4, -0.2) is 83.1 Å². The fourth-order valence-electron chi connectivity index (χ4n) is 4.95. The standard InChI is InChI=1S/C28H43N3O5/c1-19(2)31(17-22-15-30(16-23(22)18-32)27(34)36-28(4,5)6)26(33)21-9-10-24-20(3)14-29(25(24)13-21)11-8-12-35-7/h9-10,13-14,19,22-23,32H,8,11-12,15-18H2,1-7H3/t22-,23-/m0/s1. The van der Waals surface area contributed by atoms with Crippen LogP contribution < -0.4 is 0 Å². The van der Waals surface area contributed by atoms with Crippen LogP contribution in [0.1, 0.15) is 57.0 Å². The molecular formula is C28H43N3O5. The van der Waals surface area contributed by atoms with Crippen LogP contribution in [0.2, 0.25) is 0 Å². The summed E-state index contributed by atoms with van der Waals surface area (Å²) in [6, 6.07) is 5.88. The number of rotatable bonds is 9. The fraction of sp³-hybridized carbons (Fsp3) is 0.643. The maximum Gasteiger partial charge on any atom is 0.410 e. The molecule has 1 saturated heterocycles. The minimum atomic E-state index is -0.581. The third kappa shape index (κ3) is 6.59. The normalized spacial score (nSPS) is 18.3. The maximum atomic E-state index is 13.7. The number of nitrogens with zero attached hydrogens (tertiary/aromatic N) is 3. The lowest BCUT2D eigenvalue weighted by Gasteiger charge is -2.31. The summed E-state index contributed by atoms with van der Waals surface area (Å²) in [4.78, 5) is 29.9. The molecule has 0 radical (unpaired) electrons. The molecule has 1 aliphatic heterocycles. The van der Waals surface area contributed by atoms with E-state index < -0.39 is 5.60 Å². The van der Waals surface area contributed by atoms with Crippen molar-refractivity contribution >= 4 is 22.9 Å². The van der Waals surface area contributed by atoms with Crippen molar-refractivity contribution in [3.05, 3.63) is 35.5 Å². The number of benzene rings is 1. The van der Waals surface area contributed by atoms with Gasteiger partial charge >= 0.3 is 6.09 Å². The van der Waals surface area contributed by atoms with Crippen LogP contribution in [0.3, 0.4) is 0 Å². The van der Waals surface area contributed by atoms with Gasteiger partial charge < -0.3 is 28.9 Å². The molecule has 1 fully saturated rings. The number of fused-ring (bicyclic) bond motifs is 1. The molecule has 1 aromatic heterocycles. The molecule has 0 spiro atoms. The Balaban J connectivity index is 1.80. The second kappa shape index (κ2) is 11.6. The zero-order valence-corrected chi connectivity index (χ0v) is 22.9. The van der Waals surface area contributed by atoms with E-state index in [4.69, 9.17) is 9.47 Å². The van der Waals surface area contributed by atoms with Crippen molar-refractivity contribution in [3.63, 3.8) is 0 Å². The Morgan fingerprint density at radius 1 is 1.19 bits per heavy atom. The van der Waals surface area contributed by atoms with Crippen LogP contribution in [0.5, 0.6) is 0 Å². The SMILES string of the molecule is COCCCn1cc(C)c2ccc(C(=O)N(C[C@@H]3CN(C(=O)OC(C)(C)C)C[C@H]3CO)C(C)C)cc21. The van der Waals surface area contributed by atoms with Crippen molar-refractivity contribution in [2.75, 3.05) is 40.0 Å². The Morgan fingerprint density at radius 3 is 2.50 bits per heavy atom. The number of hydrogen-bond acceptors (Lipinski definition) is 5. The van der Waals surface area contributed by atoms with Gasteiger partial charge in [-0.05, 0) is 65.7 Å². The quantitative estimate of drug-likeness (QED) is 0.518. The Kier molecular flexibility index (Phi) is 9.06. The minimum Gasteiger partial charge on any atom is -0.444 e. The van der Waals surface area contributed by atoms with Crippen LogP contribution >= 0.6 is 0 Å². The molecular weight excluding hydrogens is 458 g/mol. The van der Waals surface area contributed by atoms with Gasteiger partial charge in [0, 0.05) is 87.0 Å². The number of amides is 2. The number of likely N-dealkylation sites (tertiary alicyclic amines) is 1. The molecule has 0 saturated carbocycles. The summed E-state index contributed by atoms with van der Waals surface area (Å²) < 4.78 is 12.9. The Morgan fingerprint density at radius 2 is 1.89 bits per heavy atom. The molecule has 8 heteroatoms. The van der Waals surface area contributed by atoms with Crippen LogP contribution in [0, 0.1) is 18.8 Å². The van der Waals surface area contributed by atoms with Crippen LogP contribution in [0.15, 0.2) is 24.4 Å². The van der Waals surface area contributed by atoms with E-state index in [9.17, 15) is 14.7 Å². The average Bonchev–Trinajstić information content (AvgIpc) is 3.36. The van der Waals surface area contributed by atoms with Gasteiger partial charge in [0.25, 0.3) is 5.91 Å². The number of carbonyl (C=O) groups excluding carboxylic acids is 2. The van der Waals surface area contributed by atoms with Gasteiger partial charge in [-0.3, -0.25) is 4.79 Å². The summed E-state index contributed by atoms with van der Waals surface area (Å²) >= 11 is 0. The van der Waals surface area contributed by atoms with E-state index in [1.807, 2.05) is 57.7 Å². The highest BCUT2D eigenvalue weighted by atomic mass is 16.6. The first-order chi connectivity index (χ1) is 16.9. The van der Waals surface area contributed by atoms with E-state index in [-0.39, 0.29) is 36.5 Å². The molecule has 36 heavy (non-hydrogen) atoms. The van der Waals surface area contributed by atoms with E-state index >= 15 is 0 Å². The van der Waals surface area contributed by atoms with E-state index in [1.54, 1.807) is 12.0 Å². The molecule has 8 nitrogen and oxygen atoms in total. The van der Waals surface area contributed by atoms with Gasteiger partial charge in [-0.25, -0.2) is 4.79 Å². The lowest BCUT2D eigenvalue weighted by atomic mass is 9.95. The number of carbonyl (C=O) groups is 2. The topological polar surface area (TPSA) is 84.2 Å². The summed E-state index contributed by atoms with van der Waals surface area (Å²) in [5.74, 6) is -0.172. The molecule has 0 aliphatic carbocycles. The van der Waals surface area contributed by atoms with Gasteiger partial charge in [0.1, 0.15) is 5.60 Å². The van der Waals surface area contributed by atoms with Crippen molar-refractivity contribution in [2.45, 2.75) is 66.2 Å². The molecule has 2 aromatic rings. The molecule has 1 aliphatic rings. The summed E-state index contributed by atoms with van der Waals surface area (Å²) in [7, 11) is 1.70. The summed E-state index contributed by atoms with van der Waals surface area (Å²) in [5, 5.41) is 11.2.